The molecule has 1 atom stereocenters. The van der Waals surface area contributed by atoms with Crippen molar-refractivity contribution in [2.24, 2.45) is 11.7 Å². The average molecular weight is 307 g/mol. The van der Waals surface area contributed by atoms with Gasteiger partial charge in [0.15, 0.2) is 0 Å². The monoisotopic (exact) mass is 307 g/mol. The third kappa shape index (κ3) is 6.76. The van der Waals surface area contributed by atoms with Gasteiger partial charge >= 0.3 is 0 Å². The average Bonchev–Trinajstić information content (AvgIpc) is 2.83. The summed E-state index contributed by atoms with van der Waals surface area (Å²) in [5, 5.41) is 4.96. The van der Waals surface area contributed by atoms with E-state index in [1.165, 1.54) is 11.3 Å². The lowest BCUT2D eigenvalue weighted by Crippen LogP contribution is -2.42. The van der Waals surface area contributed by atoms with Gasteiger partial charge in [0.05, 0.1) is 17.0 Å². The molecule has 1 aromatic rings. The van der Waals surface area contributed by atoms with E-state index in [1.54, 1.807) is 0 Å². The summed E-state index contributed by atoms with van der Waals surface area (Å²) in [6.45, 7) is 5.51. The van der Waals surface area contributed by atoms with Gasteiger partial charge < -0.3 is 16.0 Å². The van der Waals surface area contributed by atoms with E-state index in [4.69, 9.17) is 5.73 Å². The zero-order valence-corrected chi connectivity index (χ0v) is 14.1. The highest BCUT2D eigenvalue weighted by molar-refractivity contribution is 7.10. The van der Waals surface area contributed by atoms with Crippen LogP contribution >= 0.6 is 11.3 Å². The fourth-order valence-electron chi connectivity index (χ4n) is 2.12. The van der Waals surface area contributed by atoms with Gasteiger partial charge in [0.2, 0.25) is 0 Å². The normalized spacial score (nSPS) is 12.1. The van der Waals surface area contributed by atoms with Crippen molar-refractivity contribution in [3.05, 3.63) is 21.9 Å². The molecule has 0 aliphatic carbocycles. The highest BCUT2D eigenvalue weighted by Crippen LogP contribution is 2.14. The van der Waals surface area contributed by atoms with Gasteiger partial charge in [-0.25, -0.2) is 0 Å². The van der Waals surface area contributed by atoms with Crippen molar-refractivity contribution in [3.63, 3.8) is 0 Å². The highest BCUT2D eigenvalue weighted by Gasteiger charge is 2.16. The molecule has 0 spiro atoms. The van der Waals surface area contributed by atoms with Crippen LogP contribution in [0.4, 0.5) is 0 Å². The van der Waals surface area contributed by atoms with Crippen molar-refractivity contribution >= 4 is 17.2 Å². The predicted octanol–water partition coefficient (Wildman–Crippen LogP) is 1.76. The Morgan fingerprint density at radius 2 is 2.19 bits per heavy atom. The van der Waals surface area contributed by atoms with Gasteiger partial charge in [-0.3, -0.25) is 4.79 Å². The van der Waals surface area contributed by atoms with Crippen LogP contribution in [0.15, 0.2) is 11.4 Å². The van der Waals surface area contributed by atoms with Crippen LogP contribution in [0.3, 0.4) is 0 Å². The zero-order chi connectivity index (χ0) is 15.8. The van der Waals surface area contributed by atoms with Gasteiger partial charge in [-0.2, -0.15) is 0 Å². The van der Waals surface area contributed by atoms with E-state index < -0.39 is 0 Å². The van der Waals surface area contributed by atoms with Crippen LogP contribution in [-0.4, -0.2) is 44.0 Å². The molecule has 21 heavy (non-hydrogen) atoms. The Kier molecular flexibility index (Phi) is 7.44. The first-order chi connectivity index (χ1) is 9.92. The summed E-state index contributed by atoms with van der Waals surface area (Å²) in [5.41, 5.74) is 6.02. The molecule has 1 aromatic heterocycles. The SMILES string of the molecule is CC(C)CC(CN(C)C)NC(=O)c1csc(C#CCN)c1. The lowest BCUT2D eigenvalue weighted by molar-refractivity contribution is 0.0925. The lowest BCUT2D eigenvalue weighted by Gasteiger charge is -2.23. The molecule has 0 fully saturated rings. The minimum absolute atomic E-state index is 0.0282. The Bertz CT molecular complexity index is 501. The summed E-state index contributed by atoms with van der Waals surface area (Å²) in [5.74, 6) is 6.27. The smallest absolute Gasteiger partial charge is 0.252 e. The lowest BCUT2D eigenvalue weighted by atomic mass is 10.0. The number of likely N-dealkylation sites (N-methyl/N-ethyl adjacent to an activating group) is 1. The van der Waals surface area contributed by atoms with Crippen molar-refractivity contribution in [1.29, 1.82) is 0 Å². The molecule has 0 aromatic carbocycles. The van der Waals surface area contributed by atoms with Crippen LogP contribution in [0.25, 0.3) is 0 Å². The predicted molar refractivity (Wildman–Crippen MR) is 89.5 cm³/mol. The first-order valence-electron chi connectivity index (χ1n) is 7.15. The second-order valence-corrected chi connectivity index (χ2v) is 6.68. The highest BCUT2D eigenvalue weighted by atomic mass is 32.1. The first-order valence-corrected chi connectivity index (χ1v) is 8.03. The van der Waals surface area contributed by atoms with Crippen molar-refractivity contribution < 1.29 is 4.79 Å². The second kappa shape index (κ2) is 8.83. The van der Waals surface area contributed by atoms with Gasteiger partial charge in [-0.1, -0.05) is 25.7 Å². The van der Waals surface area contributed by atoms with Crippen LogP contribution < -0.4 is 11.1 Å². The molecule has 1 amide bonds. The molecule has 0 saturated carbocycles. The molecule has 0 radical (unpaired) electrons. The van der Waals surface area contributed by atoms with Crippen molar-refractivity contribution in [1.82, 2.24) is 10.2 Å². The number of hydrogen-bond donors (Lipinski definition) is 2. The summed E-state index contributed by atoms with van der Waals surface area (Å²) in [4.78, 5) is 15.3. The molecule has 0 saturated heterocycles. The third-order valence-electron chi connectivity index (χ3n) is 2.85. The summed E-state index contributed by atoms with van der Waals surface area (Å²) in [7, 11) is 4.04. The van der Waals surface area contributed by atoms with Crippen LogP contribution in [0.1, 0.15) is 35.5 Å². The van der Waals surface area contributed by atoms with Gasteiger partial charge in [-0.05, 0) is 32.5 Å². The summed E-state index contributed by atoms with van der Waals surface area (Å²) >= 11 is 1.47. The fourth-order valence-corrected chi connectivity index (χ4v) is 2.87. The number of amides is 1. The molecule has 1 heterocycles. The number of nitrogens with one attached hydrogen (secondary N) is 1. The van der Waals surface area contributed by atoms with E-state index in [0.717, 1.165) is 17.8 Å². The summed E-state index contributed by atoms with van der Waals surface area (Å²) in [6, 6.07) is 1.98. The Labute approximate surface area is 131 Å². The maximum absolute atomic E-state index is 12.3. The molecule has 1 rings (SSSR count). The number of carbonyl (C=O) groups excluding carboxylic acids is 1. The minimum atomic E-state index is -0.0282. The molecule has 1 unspecified atom stereocenters. The Morgan fingerprint density at radius 3 is 2.76 bits per heavy atom. The molecule has 0 aliphatic heterocycles. The van der Waals surface area contributed by atoms with E-state index in [2.05, 4.69) is 35.9 Å². The third-order valence-corrected chi connectivity index (χ3v) is 3.70. The molecule has 116 valence electrons. The number of thiophene rings is 1. The molecule has 4 nitrogen and oxygen atoms in total. The van der Waals surface area contributed by atoms with Gasteiger partial charge in [0, 0.05) is 18.0 Å². The number of hydrogen-bond acceptors (Lipinski definition) is 4. The standard InChI is InChI=1S/C16H25N3OS/c1-12(2)8-14(10-19(3)4)18-16(20)13-9-15(21-11-13)6-5-7-17/h9,11-12,14H,7-8,10,17H2,1-4H3,(H,18,20). The van der Waals surface area contributed by atoms with Gasteiger partial charge in [0.1, 0.15) is 0 Å². The van der Waals surface area contributed by atoms with E-state index >= 15 is 0 Å². The van der Waals surface area contributed by atoms with E-state index in [9.17, 15) is 4.79 Å². The molecule has 3 N–H and O–H groups in total. The van der Waals surface area contributed by atoms with Gasteiger partial charge in [0.25, 0.3) is 5.91 Å². The van der Waals surface area contributed by atoms with Crippen LogP contribution in [0.2, 0.25) is 0 Å². The molecule has 0 aliphatic rings. The number of nitrogens with zero attached hydrogens (tertiary/aromatic N) is 1. The molecular formula is C16H25N3OS. The summed E-state index contributed by atoms with van der Waals surface area (Å²) < 4.78 is 0. The second-order valence-electron chi connectivity index (χ2n) is 5.77. The summed E-state index contributed by atoms with van der Waals surface area (Å²) in [6.07, 6.45) is 0.966. The molecule has 5 heteroatoms. The number of nitrogens with two attached hydrogens (primary N) is 1. The van der Waals surface area contributed by atoms with Crippen LogP contribution in [0.5, 0.6) is 0 Å². The fraction of sp³-hybridized carbons (Fsp3) is 0.562. The Morgan fingerprint density at radius 1 is 1.48 bits per heavy atom. The first kappa shape index (κ1) is 17.7. The quantitative estimate of drug-likeness (QED) is 0.788. The van der Waals surface area contributed by atoms with Crippen molar-refractivity contribution in [2.45, 2.75) is 26.3 Å². The van der Waals surface area contributed by atoms with Gasteiger partial charge in [-0.15, -0.1) is 11.3 Å². The maximum Gasteiger partial charge on any atom is 0.252 e. The zero-order valence-electron chi connectivity index (χ0n) is 13.3. The maximum atomic E-state index is 12.3. The van der Waals surface area contributed by atoms with E-state index in [-0.39, 0.29) is 11.9 Å². The van der Waals surface area contributed by atoms with Crippen molar-refractivity contribution in [2.75, 3.05) is 27.2 Å². The van der Waals surface area contributed by atoms with E-state index in [1.807, 2.05) is 25.5 Å². The largest absolute Gasteiger partial charge is 0.348 e. The van der Waals surface area contributed by atoms with Crippen LogP contribution in [0, 0.1) is 17.8 Å². The van der Waals surface area contributed by atoms with Crippen LogP contribution in [-0.2, 0) is 0 Å². The number of rotatable bonds is 6. The Hall–Kier alpha value is -1.35. The van der Waals surface area contributed by atoms with Crippen molar-refractivity contribution in [3.8, 4) is 11.8 Å². The molecular weight excluding hydrogens is 282 g/mol. The molecule has 0 bridgehead atoms. The Balaban J connectivity index is 2.69. The van der Waals surface area contributed by atoms with E-state index in [0.29, 0.717) is 18.0 Å². The minimum Gasteiger partial charge on any atom is -0.348 e. The topological polar surface area (TPSA) is 58.4 Å². The number of carbonyl (C=O) groups is 1.